The summed E-state index contributed by atoms with van der Waals surface area (Å²) < 4.78 is 11.7. The second kappa shape index (κ2) is 8.88. The fourth-order valence-electron chi connectivity index (χ4n) is 5.10. The van der Waals surface area contributed by atoms with Gasteiger partial charge in [-0.05, 0) is 60.9 Å². The number of amides is 1. The maximum atomic E-state index is 12.9. The molecule has 5 nitrogen and oxygen atoms in total. The number of nitrogens with one attached hydrogen (secondary N) is 1. The van der Waals surface area contributed by atoms with Crippen LogP contribution in [0.3, 0.4) is 0 Å². The summed E-state index contributed by atoms with van der Waals surface area (Å²) in [5.41, 5.74) is 1.55. The molecule has 1 fully saturated rings. The first-order chi connectivity index (χ1) is 16.0. The van der Waals surface area contributed by atoms with Crippen LogP contribution in [0.5, 0.6) is 11.5 Å². The number of benzene rings is 3. The number of carbonyl (C=O) groups excluding carboxylic acids is 1. The lowest BCUT2D eigenvalue weighted by atomic mass is 9.73. The Labute approximate surface area is 198 Å². The molecule has 33 heavy (non-hydrogen) atoms. The van der Waals surface area contributed by atoms with Crippen molar-refractivity contribution in [2.75, 3.05) is 7.11 Å². The zero-order valence-electron chi connectivity index (χ0n) is 18.6. The minimum Gasteiger partial charge on any atom is -0.496 e. The van der Waals surface area contributed by atoms with Crippen molar-refractivity contribution in [3.8, 4) is 11.5 Å². The molecule has 2 unspecified atom stereocenters. The van der Waals surface area contributed by atoms with Crippen LogP contribution in [0.25, 0.3) is 10.8 Å². The van der Waals surface area contributed by atoms with Gasteiger partial charge in [-0.2, -0.15) is 0 Å². The minimum atomic E-state index is -0.749. The van der Waals surface area contributed by atoms with Crippen molar-refractivity contribution in [1.29, 1.82) is 0 Å². The molecule has 2 aliphatic rings. The number of fused-ring (bicyclic) bond motifs is 2. The first kappa shape index (κ1) is 22.1. The maximum Gasteiger partial charge on any atom is 0.220 e. The van der Waals surface area contributed by atoms with E-state index in [0.29, 0.717) is 11.4 Å². The number of ether oxygens (including phenoxy) is 2. The quantitative estimate of drug-likeness (QED) is 0.477. The van der Waals surface area contributed by atoms with Gasteiger partial charge in [0.2, 0.25) is 5.91 Å². The standard InChI is InChI=1S/C27H28ClNO4/c1-32-24-11-8-19(18-5-2-3-6-20(18)24)23(30)9-12-26(31)29-22-16-27(13-4-14-27)33-25-10-7-17(28)15-21(22)25/h2-3,5-8,10-11,15,22-23,30H,4,9,12-14,16H2,1H3,(H,29,31). The summed E-state index contributed by atoms with van der Waals surface area (Å²) in [5, 5.41) is 16.6. The largest absolute Gasteiger partial charge is 0.496 e. The van der Waals surface area contributed by atoms with Gasteiger partial charge in [0.1, 0.15) is 17.1 Å². The Balaban J connectivity index is 1.29. The summed E-state index contributed by atoms with van der Waals surface area (Å²) in [5.74, 6) is 1.49. The van der Waals surface area contributed by atoms with Gasteiger partial charge < -0.3 is 19.9 Å². The fraction of sp³-hybridized carbons (Fsp3) is 0.370. The lowest BCUT2D eigenvalue weighted by Crippen LogP contribution is -2.49. The number of methoxy groups -OCH3 is 1. The molecule has 0 saturated heterocycles. The lowest BCUT2D eigenvalue weighted by molar-refractivity contribution is -0.123. The molecule has 172 valence electrons. The van der Waals surface area contributed by atoms with Crippen molar-refractivity contribution in [3.05, 3.63) is 70.7 Å². The van der Waals surface area contributed by atoms with Crippen molar-refractivity contribution in [2.24, 2.45) is 0 Å². The Morgan fingerprint density at radius 2 is 2.00 bits per heavy atom. The van der Waals surface area contributed by atoms with Crippen LogP contribution in [0, 0.1) is 0 Å². The van der Waals surface area contributed by atoms with Crippen molar-refractivity contribution in [2.45, 2.75) is 56.3 Å². The molecule has 1 aliphatic carbocycles. The predicted octanol–water partition coefficient (Wildman–Crippen LogP) is 5.88. The van der Waals surface area contributed by atoms with Crippen molar-refractivity contribution in [3.63, 3.8) is 0 Å². The zero-order valence-corrected chi connectivity index (χ0v) is 19.4. The van der Waals surface area contributed by atoms with Gasteiger partial charge in [0.15, 0.2) is 0 Å². The van der Waals surface area contributed by atoms with E-state index in [1.165, 1.54) is 0 Å². The van der Waals surface area contributed by atoms with E-state index < -0.39 is 6.10 Å². The number of halogens is 1. The summed E-state index contributed by atoms with van der Waals surface area (Å²) in [6, 6.07) is 17.0. The summed E-state index contributed by atoms with van der Waals surface area (Å²) in [6.45, 7) is 0. The second-order valence-corrected chi connectivity index (χ2v) is 9.54. The highest BCUT2D eigenvalue weighted by molar-refractivity contribution is 6.30. The monoisotopic (exact) mass is 465 g/mol. The van der Waals surface area contributed by atoms with Gasteiger partial charge in [0, 0.05) is 28.8 Å². The molecule has 2 atom stereocenters. The predicted molar refractivity (Wildman–Crippen MR) is 129 cm³/mol. The van der Waals surface area contributed by atoms with Crippen LogP contribution in [0.4, 0.5) is 0 Å². The molecule has 1 spiro atoms. The molecule has 1 heterocycles. The summed E-state index contributed by atoms with van der Waals surface area (Å²) >= 11 is 6.23. The van der Waals surface area contributed by atoms with Crippen LogP contribution in [0.15, 0.2) is 54.6 Å². The first-order valence-electron chi connectivity index (χ1n) is 11.5. The van der Waals surface area contributed by atoms with Gasteiger partial charge in [-0.3, -0.25) is 4.79 Å². The number of rotatable bonds is 6. The Bertz CT molecular complexity index is 1190. The van der Waals surface area contributed by atoms with Crippen LogP contribution < -0.4 is 14.8 Å². The van der Waals surface area contributed by atoms with E-state index in [1.54, 1.807) is 7.11 Å². The smallest absolute Gasteiger partial charge is 0.220 e. The van der Waals surface area contributed by atoms with Crippen molar-refractivity contribution < 1.29 is 19.4 Å². The van der Waals surface area contributed by atoms with E-state index in [0.717, 1.165) is 59.1 Å². The molecule has 3 aromatic carbocycles. The molecule has 6 heteroatoms. The van der Waals surface area contributed by atoms with E-state index in [9.17, 15) is 9.90 Å². The highest BCUT2D eigenvalue weighted by Gasteiger charge is 2.46. The highest BCUT2D eigenvalue weighted by atomic mass is 35.5. The van der Waals surface area contributed by atoms with E-state index in [2.05, 4.69) is 5.32 Å². The molecule has 0 bridgehead atoms. The van der Waals surface area contributed by atoms with E-state index >= 15 is 0 Å². The molecule has 1 aliphatic heterocycles. The number of carbonyl (C=O) groups is 1. The molecule has 2 N–H and O–H groups in total. The van der Waals surface area contributed by atoms with Crippen LogP contribution in [-0.2, 0) is 4.79 Å². The lowest BCUT2D eigenvalue weighted by Gasteiger charge is -2.48. The number of hydrogen-bond donors (Lipinski definition) is 2. The molecule has 3 aromatic rings. The number of hydrogen-bond acceptors (Lipinski definition) is 4. The Kier molecular flexibility index (Phi) is 5.94. The average Bonchev–Trinajstić information content (AvgIpc) is 2.81. The third-order valence-corrected chi connectivity index (χ3v) is 7.23. The van der Waals surface area contributed by atoms with Gasteiger partial charge >= 0.3 is 0 Å². The third kappa shape index (κ3) is 4.28. The summed E-state index contributed by atoms with van der Waals surface area (Å²) in [7, 11) is 1.64. The van der Waals surface area contributed by atoms with Gasteiger partial charge in [0.05, 0.1) is 19.3 Å². The second-order valence-electron chi connectivity index (χ2n) is 9.10. The van der Waals surface area contributed by atoms with Crippen molar-refractivity contribution in [1.82, 2.24) is 5.32 Å². The van der Waals surface area contributed by atoms with E-state index in [1.807, 2.05) is 54.6 Å². The van der Waals surface area contributed by atoms with Gasteiger partial charge in [-0.1, -0.05) is 41.9 Å². The summed E-state index contributed by atoms with van der Waals surface area (Å²) in [6.07, 6.45) is 3.71. The molecule has 1 amide bonds. The summed E-state index contributed by atoms with van der Waals surface area (Å²) in [4.78, 5) is 12.9. The number of aliphatic hydroxyl groups excluding tert-OH is 1. The van der Waals surface area contributed by atoms with Crippen LogP contribution in [0.2, 0.25) is 5.02 Å². The van der Waals surface area contributed by atoms with Crippen LogP contribution >= 0.6 is 11.6 Å². The maximum absolute atomic E-state index is 12.9. The molecule has 1 saturated carbocycles. The molecule has 0 radical (unpaired) electrons. The zero-order chi connectivity index (χ0) is 23.0. The fourth-order valence-corrected chi connectivity index (χ4v) is 5.28. The van der Waals surface area contributed by atoms with Gasteiger partial charge in [0.25, 0.3) is 0 Å². The highest BCUT2D eigenvalue weighted by Crippen LogP contribution is 2.49. The normalized spacial score (nSPS) is 19.3. The molecule has 0 aromatic heterocycles. The molecule has 5 rings (SSSR count). The Morgan fingerprint density at radius 3 is 2.73 bits per heavy atom. The Morgan fingerprint density at radius 1 is 1.21 bits per heavy atom. The van der Waals surface area contributed by atoms with Gasteiger partial charge in [-0.15, -0.1) is 0 Å². The van der Waals surface area contributed by atoms with Crippen LogP contribution in [-0.4, -0.2) is 23.7 Å². The van der Waals surface area contributed by atoms with E-state index in [4.69, 9.17) is 21.1 Å². The average molecular weight is 466 g/mol. The third-order valence-electron chi connectivity index (χ3n) is 6.99. The first-order valence-corrected chi connectivity index (χ1v) is 11.9. The molecular weight excluding hydrogens is 438 g/mol. The molecular formula is C27H28ClNO4. The topological polar surface area (TPSA) is 67.8 Å². The Hall–Kier alpha value is -2.76. The minimum absolute atomic E-state index is 0.0841. The van der Waals surface area contributed by atoms with Crippen LogP contribution in [0.1, 0.15) is 61.8 Å². The number of aliphatic hydroxyl groups is 1. The van der Waals surface area contributed by atoms with Crippen molar-refractivity contribution >= 4 is 28.3 Å². The van der Waals surface area contributed by atoms with Gasteiger partial charge in [-0.25, -0.2) is 0 Å². The SMILES string of the molecule is COc1ccc(C(O)CCC(=O)NC2CC3(CCC3)Oc3ccc(Cl)cc32)c2ccccc12. The van der Waals surface area contributed by atoms with E-state index in [-0.39, 0.29) is 24.0 Å².